The topological polar surface area (TPSA) is 110 Å². The zero-order valence-electron chi connectivity index (χ0n) is 20.5. The molecular formula is C26H26F3NO7S. The molecule has 204 valence electrons. The molecule has 38 heavy (non-hydrogen) atoms. The second kappa shape index (κ2) is 8.98. The number of likely N-dealkylation sites (tertiary alicyclic amines) is 1. The lowest BCUT2D eigenvalue weighted by Crippen LogP contribution is -2.74. The largest absolute Gasteiger partial charge is 0.534 e. The summed E-state index contributed by atoms with van der Waals surface area (Å²) in [7, 11) is -6.02. The average Bonchev–Trinajstić information content (AvgIpc) is 2.84. The predicted molar refractivity (Wildman–Crippen MR) is 128 cm³/mol. The van der Waals surface area contributed by atoms with Crippen molar-refractivity contribution in [3.8, 4) is 5.75 Å². The number of piperidine rings is 1. The molecule has 2 aromatic carbocycles. The van der Waals surface area contributed by atoms with Gasteiger partial charge >= 0.3 is 21.7 Å². The van der Waals surface area contributed by atoms with Gasteiger partial charge in [-0.15, -0.1) is 0 Å². The first kappa shape index (κ1) is 26.5. The van der Waals surface area contributed by atoms with E-state index in [-0.39, 0.29) is 62.2 Å². The number of ether oxygens (including phenoxy) is 1. The van der Waals surface area contributed by atoms with E-state index in [1.54, 1.807) is 30.3 Å². The normalized spacial score (nSPS) is 26.8. The van der Waals surface area contributed by atoms with Crippen LogP contribution < -0.4 is 4.18 Å². The number of alkyl halides is 3. The third kappa shape index (κ3) is 4.05. The Kier molecular flexibility index (Phi) is 6.26. The molecule has 1 N–H and O–H groups in total. The summed E-state index contributed by atoms with van der Waals surface area (Å²) >= 11 is 0. The van der Waals surface area contributed by atoms with E-state index in [0.717, 1.165) is 5.56 Å². The van der Waals surface area contributed by atoms with Gasteiger partial charge in [0.15, 0.2) is 0 Å². The number of amides is 1. The van der Waals surface area contributed by atoms with E-state index in [1.807, 2.05) is 6.07 Å². The van der Waals surface area contributed by atoms with Gasteiger partial charge in [0, 0.05) is 30.4 Å². The van der Waals surface area contributed by atoms with Crippen LogP contribution in [0.4, 0.5) is 18.0 Å². The van der Waals surface area contributed by atoms with Crippen LogP contribution in [0.2, 0.25) is 0 Å². The number of carbonyl (C=O) groups excluding carboxylic acids is 2. The van der Waals surface area contributed by atoms with E-state index in [4.69, 9.17) is 8.92 Å². The lowest BCUT2D eigenvalue weighted by molar-refractivity contribution is -0.167. The molecule has 1 heterocycles. The summed E-state index contributed by atoms with van der Waals surface area (Å²) in [5.74, 6) is -0.737. The number of hydrogen-bond acceptors (Lipinski definition) is 7. The van der Waals surface area contributed by atoms with Gasteiger partial charge in [0.05, 0.1) is 11.6 Å². The first-order valence-corrected chi connectivity index (χ1v) is 13.5. The van der Waals surface area contributed by atoms with E-state index < -0.39 is 44.5 Å². The summed E-state index contributed by atoms with van der Waals surface area (Å²) in [6, 6.07) is 11.2. The third-order valence-electron chi connectivity index (χ3n) is 8.07. The second-order valence-corrected chi connectivity index (χ2v) is 11.7. The number of Topliss-reactive ketones (excluding diaryl/α,β-unsaturated/α-hetero) is 1. The fraction of sp³-hybridized carbons (Fsp3) is 0.462. The number of halogens is 3. The van der Waals surface area contributed by atoms with Gasteiger partial charge in [0.1, 0.15) is 18.1 Å². The molecule has 0 unspecified atom stereocenters. The fourth-order valence-electron chi connectivity index (χ4n) is 6.29. The van der Waals surface area contributed by atoms with Crippen molar-refractivity contribution in [3.63, 3.8) is 0 Å². The standard InChI is InChI=1S/C26H26F3NO7S/c1-16-7-8-18-13-20-25(33)10-9-19(31)14-24(25,21(18)22(16)37-38(34,35)26(27,28)29)11-12-30(20)23(32)36-15-17-5-3-2-4-6-17/h2-8,20,33H,9-15H2,1H3/t20-,24-,25-/m1/s1. The number of carbonyl (C=O) groups is 2. The lowest BCUT2D eigenvalue weighted by atomic mass is 9.49. The zero-order valence-corrected chi connectivity index (χ0v) is 21.3. The predicted octanol–water partition coefficient (Wildman–Crippen LogP) is 3.91. The molecule has 2 aliphatic carbocycles. The lowest BCUT2D eigenvalue weighted by Gasteiger charge is -2.62. The van der Waals surface area contributed by atoms with Crippen LogP contribution in [0.1, 0.15) is 47.9 Å². The average molecular weight is 554 g/mol. The van der Waals surface area contributed by atoms with Gasteiger partial charge in [-0.2, -0.15) is 21.6 Å². The minimum atomic E-state index is -6.02. The first-order chi connectivity index (χ1) is 17.8. The summed E-state index contributed by atoms with van der Waals surface area (Å²) < 4.78 is 74.0. The number of rotatable bonds is 4. The van der Waals surface area contributed by atoms with Gasteiger partial charge < -0.3 is 18.9 Å². The third-order valence-corrected chi connectivity index (χ3v) is 9.02. The first-order valence-electron chi connectivity index (χ1n) is 12.1. The highest BCUT2D eigenvalue weighted by atomic mass is 32.2. The molecule has 0 spiro atoms. The molecule has 3 aliphatic rings. The highest BCUT2D eigenvalue weighted by molar-refractivity contribution is 7.88. The molecule has 3 atom stereocenters. The van der Waals surface area contributed by atoms with Gasteiger partial charge in [0.25, 0.3) is 0 Å². The van der Waals surface area contributed by atoms with Crippen LogP contribution in [0.25, 0.3) is 0 Å². The number of fused-ring (bicyclic) bond motifs is 1. The van der Waals surface area contributed by atoms with Crippen LogP contribution in [0.3, 0.4) is 0 Å². The number of nitrogens with zero attached hydrogens (tertiary/aromatic N) is 1. The van der Waals surface area contributed by atoms with Crippen molar-refractivity contribution in [2.24, 2.45) is 0 Å². The maximum Gasteiger partial charge on any atom is 0.534 e. The van der Waals surface area contributed by atoms with Crippen molar-refractivity contribution in [1.82, 2.24) is 4.90 Å². The molecule has 1 aliphatic heterocycles. The molecule has 5 rings (SSSR count). The monoisotopic (exact) mass is 553 g/mol. The second-order valence-electron chi connectivity index (χ2n) is 10.2. The molecule has 12 heteroatoms. The van der Waals surface area contributed by atoms with Crippen molar-refractivity contribution in [2.75, 3.05) is 6.54 Å². The van der Waals surface area contributed by atoms with Crippen LogP contribution in [-0.2, 0) is 38.1 Å². The molecule has 0 radical (unpaired) electrons. The summed E-state index contributed by atoms with van der Waals surface area (Å²) in [5, 5.41) is 12.2. The molecule has 8 nitrogen and oxygen atoms in total. The minimum absolute atomic E-state index is 0.00502. The molecule has 2 fully saturated rings. The smallest absolute Gasteiger partial charge is 0.445 e. The van der Waals surface area contributed by atoms with Crippen molar-refractivity contribution in [2.45, 2.75) is 68.2 Å². The Balaban J connectivity index is 1.57. The van der Waals surface area contributed by atoms with Crippen LogP contribution >= 0.6 is 0 Å². The van der Waals surface area contributed by atoms with Crippen LogP contribution in [0.15, 0.2) is 42.5 Å². The Morgan fingerprint density at radius 2 is 1.87 bits per heavy atom. The summed E-state index contributed by atoms with van der Waals surface area (Å²) in [6.45, 7) is 1.46. The van der Waals surface area contributed by atoms with Crippen molar-refractivity contribution in [3.05, 3.63) is 64.7 Å². The molecule has 2 aromatic rings. The number of aliphatic hydroxyl groups is 1. The Bertz CT molecular complexity index is 1400. The summed E-state index contributed by atoms with van der Waals surface area (Å²) in [6.07, 6.45) is -0.885. The van der Waals surface area contributed by atoms with E-state index in [2.05, 4.69) is 0 Å². The molecule has 1 saturated heterocycles. The fourth-order valence-corrected chi connectivity index (χ4v) is 6.82. The van der Waals surface area contributed by atoms with Gasteiger partial charge in [0.2, 0.25) is 0 Å². The highest BCUT2D eigenvalue weighted by Crippen LogP contribution is 2.60. The summed E-state index contributed by atoms with van der Waals surface area (Å²) in [4.78, 5) is 27.3. The number of aryl methyl sites for hydroxylation is 1. The minimum Gasteiger partial charge on any atom is -0.445 e. The van der Waals surface area contributed by atoms with E-state index in [9.17, 15) is 36.3 Å². The maximum atomic E-state index is 13.3. The quantitative estimate of drug-likeness (QED) is 0.452. The molecule has 1 saturated carbocycles. The molecule has 0 aromatic heterocycles. The Morgan fingerprint density at radius 3 is 2.55 bits per heavy atom. The van der Waals surface area contributed by atoms with E-state index in [0.29, 0.717) is 5.56 Å². The number of ketones is 1. The van der Waals surface area contributed by atoms with E-state index in [1.165, 1.54) is 17.9 Å². The van der Waals surface area contributed by atoms with Crippen molar-refractivity contribution in [1.29, 1.82) is 0 Å². The molecular weight excluding hydrogens is 527 g/mol. The Morgan fingerprint density at radius 1 is 1.16 bits per heavy atom. The van der Waals surface area contributed by atoms with Crippen molar-refractivity contribution >= 4 is 22.0 Å². The van der Waals surface area contributed by atoms with Crippen LogP contribution in [-0.4, -0.2) is 54.0 Å². The van der Waals surface area contributed by atoms with Gasteiger partial charge in [-0.1, -0.05) is 42.5 Å². The van der Waals surface area contributed by atoms with Crippen LogP contribution in [0, 0.1) is 6.92 Å². The van der Waals surface area contributed by atoms with E-state index >= 15 is 0 Å². The van der Waals surface area contributed by atoms with Crippen molar-refractivity contribution < 1.29 is 45.2 Å². The number of hydrogen-bond donors (Lipinski definition) is 1. The Hall–Kier alpha value is -3.12. The molecule has 1 amide bonds. The SMILES string of the molecule is Cc1ccc2c(c1OS(=O)(=O)C(F)(F)F)[C@]13CCN(C(=O)OCc4ccccc4)[C@H](C2)[C@]1(O)CCC(=O)C3. The van der Waals surface area contributed by atoms with Crippen LogP contribution in [0.5, 0.6) is 5.75 Å². The van der Waals surface area contributed by atoms with Gasteiger partial charge in [-0.05, 0) is 42.9 Å². The van der Waals surface area contributed by atoms with Gasteiger partial charge in [-0.25, -0.2) is 4.79 Å². The number of benzene rings is 2. The summed E-state index contributed by atoms with van der Waals surface area (Å²) in [5.41, 5.74) is -7.42. The zero-order chi connectivity index (χ0) is 27.5. The Labute approximate surface area is 217 Å². The highest BCUT2D eigenvalue weighted by Gasteiger charge is 2.67. The van der Waals surface area contributed by atoms with Gasteiger partial charge in [-0.3, -0.25) is 4.79 Å². The maximum absolute atomic E-state index is 13.3. The molecule has 2 bridgehead atoms.